The van der Waals surface area contributed by atoms with E-state index in [0.29, 0.717) is 6.07 Å². The normalized spacial score (nSPS) is 13.8. The maximum absolute atomic E-state index is 14.2. The maximum atomic E-state index is 14.2. The van der Waals surface area contributed by atoms with Crippen LogP contribution in [0.3, 0.4) is 0 Å². The molecule has 0 amide bonds. The van der Waals surface area contributed by atoms with E-state index >= 15 is 0 Å². The highest BCUT2D eigenvalue weighted by Crippen LogP contribution is 2.52. The molecule has 0 spiro atoms. The van der Waals surface area contributed by atoms with E-state index in [1.54, 1.807) is 0 Å². The first kappa shape index (κ1) is 34.4. The first-order chi connectivity index (χ1) is 20.1. The van der Waals surface area contributed by atoms with Crippen molar-refractivity contribution in [1.29, 1.82) is 0 Å². The molecule has 0 bridgehead atoms. The van der Waals surface area contributed by atoms with Gasteiger partial charge in [0.2, 0.25) is 0 Å². The number of alkyl halides is 13. The summed E-state index contributed by atoms with van der Waals surface area (Å²) >= 11 is 0. The fourth-order valence-electron chi connectivity index (χ4n) is 3.42. The van der Waals surface area contributed by atoms with Crippen LogP contribution in [0.5, 0.6) is 17.2 Å². The van der Waals surface area contributed by atoms with Gasteiger partial charge >= 0.3 is 30.6 Å². The van der Waals surface area contributed by atoms with Crippen LogP contribution >= 0.6 is 0 Å². The van der Waals surface area contributed by atoms with E-state index in [4.69, 9.17) is 9.57 Å². The van der Waals surface area contributed by atoms with E-state index < -0.39 is 66.9 Å². The Labute approximate surface area is 238 Å². The number of hydroxylamine groups is 1. The summed E-state index contributed by atoms with van der Waals surface area (Å²) in [4.78, 5) is 5.12. The summed E-state index contributed by atoms with van der Waals surface area (Å²) < 4.78 is 179. The van der Waals surface area contributed by atoms with Crippen LogP contribution in [0, 0.1) is 0 Å². The number of rotatable bonds is 11. The second-order valence-corrected chi connectivity index (χ2v) is 8.87. The van der Waals surface area contributed by atoms with Crippen LogP contribution in [0.1, 0.15) is 11.1 Å². The van der Waals surface area contributed by atoms with Gasteiger partial charge < -0.3 is 19.4 Å². The number of nitrogens with zero attached hydrogens (tertiary/aromatic N) is 1. The zero-order valence-electron chi connectivity index (χ0n) is 21.5. The van der Waals surface area contributed by atoms with Gasteiger partial charge in [-0.3, -0.25) is 0 Å². The molecule has 3 aromatic carbocycles. The molecule has 1 N–H and O–H groups in total. The average molecular weight is 655 g/mol. The molecule has 0 heterocycles. The van der Waals surface area contributed by atoms with Crippen molar-refractivity contribution in [3.8, 4) is 17.2 Å². The standard InChI is InChI=1S/C26H18F13NO4/c27-22(28,24(32,33)25(34,35)36)16-5-2-9-20(11-16)44-40(13-21(41)23(29,30)31)17-6-3-7-18(12-17)42-14-15-4-1-8-19(10-15)43-26(37,38)39/h1-12,21,41H,13-14H2. The summed E-state index contributed by atoms with van der Waals surface area (Å²) in [5.74, 6) is -14.0. The minimum Gasteiger partial charge on any atom is -0.489 e. The van der Waals surface area contributed by atoms with Crippen molar-refractivity contribution in [3.63, 3.8) is 0 Å². The SMILES string of the molecule is OC(CN(Oc1cccc(C(F)(F)C(F)(F)C(F)(F)F)c1)c1cccc(OCc2cccc(OC(F)(F)F)c2)c1)C(F)(F)F. The lowest BCUT2D eigenvalue weighted by molar-refractivity contribution is -0.359. The van der Waals surface area contributed by atoms with Crippen molar-refractivity contribution in [2.45, 2.75) is 43.3 Å². The largest absolute Gasteiger partial charge is 0.573 e. The molecule has 0 aromatic heterocycles. The molecule has 242 valence electrons. The van der Waals surface area contributed by atoms with Gasteiger partial charge in [-0.2, -0.15) is 43.9 Å². The average Bonchev–Trinajstić information content (AvgIpc) is 2.90. The van der Waals surface area contributed by atoms with Gasteiger partial charge in [0.05, 0.1) is 12.2 Å². The second kappa shape index (κ2) is 12.5. The fraction of sp³-hybridized carbons (Fsp3) is 0.308. The van der Waals surface area contributed by atoms with Gasteiger partial charge in [0, 0.05) is 11.6 Å². The van der Waals surface area contributed by atoms with E-state index in [1.807, 2.05) is 0 Å². The highest BCUT2D eigenvalue weighted by atomic mass is 19.4. The zero-order valence-corrected chi connectivity index (χ0v) is 21.5. The third kappa shape index (κ3) is 8.51. The molecule has 1 unspecified atom stereocenters. The lowest BCUT2D eigenvalue weighted by Gasteiger charge is -2.30. The van der Waals surface area contributed by atoms with Crippen LogP contribution in [0.2, 0.25) is 0 Å². The van der Waals surface area contributed by atoms with Crippen LogP contribution in [0.25, 0.3) is 0 Å². The van der Waals surface area contributed by atoms with Crippen LogP contribution < -0.4 is 19.4 Å². The van der Waals surface area contributed by atoms with Crippen molar-refractivity contribution < 1.29 is 76.5 Å². The minimum atomic E-state index is -6.66. The Bertz CT molecular complexity index is 1410. The van der Waals surface area contributed by atoms with Crippen molar-refractivity contribution in [2.24, 2.45) is 0 Å². The summed E-state index contributed by atoms with van der Waals surface area (Å²) in [6, 6.07) is 10.7. The van der Waals surface area contributed by atoms with Crippen molar-refractivity contribution in [3.05, 3.63) is 83.9 Å². The molecule has 0 saturated carbocycles. The van der Waals surface area contributed by atoms with Gasteiger partial charge in [-0.05, 0) is 42.0 Å². The van der Waals surface area contributed by atoms with Gasteiger partial charge in [0.25, 0.3) is 0 Å². The van der Waals surface area contributed by atoms with Gasteiger partial charge in [-0.15, -0.1) is 13.2 Å². The topological polar surface area (TPSA) is 51.2 Å². The molecule has 0 saturated heterocycles. The van der Waals surface area contributed by atoms with E-state index in [-0.39, 0.29) is 34.2 Å². The monoisotopic (exact) mass is 655 g/mol. The van der Waals surface area contributed by atoms with Crippen LogP contribution in [0.15, 0.2) is 72.8 Å². The van der Waals surface area contributed by atoms with E-state index in [1.165, 1.54) is 24.3 Å². The van der Waals surface area contributed by atoms with Crippen LogP contribution in [0.4, 0.5) is 62.8 Å². The molecule has 0 aliphatic rings. The van der Waals surface area contributed by atoms with E-state index in [9.17, 15) is 62.2 Å². The third-order valence-electron chi connectivity index (χ3n) is 5.52. The summed E-state index contributed by atoms with van der Waals surface area (Å²) in [5, 5.41) is 9.87. The van der Waals surface area contributed by atoms with Crippen LogP contribution in [-0.4, -0.2) is 42.4 Å². The van der Waals surface area contributed by atoms with Crippen LogP contribution in [-0.2, 0) is 12.5 Å². The zero-order chi connectivity index (χ0) is 33.1. The number of hydrogen-bond acceptors (Lipinski definition) is 5. The molecule has 1 atom stereocenters. The molecule has 0 fully saturated rings. The van der Waals surface area contributed by atoms with Crippen molar-refractivity contribution in [2.75, 3.05) is 11.6 Å². The number of aliphatic hydroxyl groups is 1. The van der Waals surface area contributed by atoms with Gasteiger partial charge in [-0.25, -0.2) is 5.06 Å². The van der Waals surface area contributed by atoms with Gasteiger partial charge in [-0.1, -0.05) is 30.3 Å². The molecular formula is C26H18F13NO4. The quantitative estimate of drug-likeness (QED) is 0.167. The van der Waals surface area contributed by atoms with Crippen molar-refractivity contribution in [1.82, 2.24) is 0 Å². The molecule has 0 aliphatic carbocycles. The highest BCUT2D eigenvalue weighted by Gasteiger charge is 2.73. The Morgan fingerprint density at radius 3 is 1.89 bits per heavy atom. The Morgan fingerprint density at radius 1 is 0.682 bits per heavy atom. The number of benzene rings is 3. The van der Waals surface area contributed by atoms with E-state index in [2.05, 4.69) is 4.74 Å². The number of hydrogen-bond donors (Lipinski definition) is 1. The molecule has 18 heteroatoms. The van der Waals surface area contributed by atoms with Crippen molar-refractivity contribution >= 4 is 5.69 Å². The molecule has 3 rings (SSSR count). The Morgan fingerprint density at radius 2 is 1.27 bits per heavy atom. The molecule has 0 aliphatic heterocycles. The minimum absolute atomic E-state index is 0.0446. The smallest absolute Gasteiger partial charge is 0.489 e. The van der Waals surface area contributed by atoms with Gasteiger partial charge in [0.15, 0.2) is 11.9 Å². The Balaban J connectivity index is 1.89. The first-order valence-corrected chi connectivity index (χ1v) is 11.8. The molecule has 5 nitrogen and oxygen atoms in total. The lowest BCUT2D eigenvalue weighted by Crippen LogP contribution is -2.50. The molecule has 3 aromatic rings. The second-order valence-electron chi connectivity index (χ2n) is 8.87. The van der Waals surface area contributed by atoms with E-state index in [0.717, 1.165) is 30.3 Å². The predicted molar refractivity (Wildman–Crippen MR) is 125 cm³/mol. The third-order valence-corrected chi connectivity index (χ3v) is 5.52. The summed E-state index contributed by atoms with van der Waals surface area (Å²) in [5.41, 5.74) is -2.09. The van der Waals surface area contributed by atoms with Gasteiger partial charge in [0.1, 0.15) is 18.1 Å². The summed E-state index contributed by atoms with van der Waals surface area (Å²) in [7, 11) is 0. The number of ether oxygens (including phenoxy) is 2. The number of anilines is 1. The maximum Gasteiger partial charge on any atom is 0.573 e. The summed E-state index contributed by atoms with van der Waals surface area (Å²) in [6.07, 6.45) is -20.0. The molecular weight excluding hydrogens is 637 g/mol. The molecule has 0 radical (unpaired) electrons. The molecule has 44 heavy (non-hydrogen) atoms. The Hall–Kier alpha value is -4.09. The summed E-state index contributed by atoms with van der Waals surface area (Å²) in [6.45, 7) is -1.85. The predicted octanol–water partition coefficient (Wildman–Crippen LogP) is 8.18. The number of aliphatic hydroxyl groups excluding tert-OH is 1. The lowest BCUT2D eigenvalue weighted by atomic mass is 10.0. The Kier molecular flexibility index (Phi) is 9.77. The number of halogens is 13. The fourth-order valence-corrected chi connectivity index (χ4v) is 3.42. The highest BCUT2D eigenvalue weighted by molar-refractivity contribution is 5.50. The first-order valence-electron chi connectivity index (χ1n) is 11.8.